The zero-order valence-corrected chi connectivity index (χ0v) is 87.2. The van der Waals surface area contributed by atoms with Gasteiger partial charge in [-0.1, -0.05) is 69.4 Å². The van der Waals surface area contributed by atoms with E-state index < -0.39 is 178 Å². The number of aliphatic hydroxyl groups excluding tert-OH is 1. The van der Waals surface area contributed by atoms with E-state index in [2.05, 4.69) is 74.0 Å². The van der Waals surface area contributed by atoms with Crippen molar-refractivity contribution in [2.75, 3.05) is 58.0 Å². The maximum atomic E-state index is 13.8. The number of phenolic OH excluding ortho intramolecular Hbond substituents is 2. The normalized spacial score (nSPS) is 12.3. The van der Waals surface area contributed by atoms with Gasteiger partial charge in [-0.05, 0) is 217 Å². The first kappa shape index (κ1) is 137. The zero-order chi connectivity index (χ0) is 113. The van der Waals surface area contributed by atoms with Gasteiger partial charge in [0.2, 0.25) is 9.23 Å². The van der Waals surface area contributed by atoms with Gasteiger partial charge in [0.05, 0.1) is 18.1 Å². The number of allylic oxidation sites excluding steroid dienone is 3. The number of esters is 2. The van der Waals surface area contributed by atoms with Gasteiger partial charge in [0.15, 0.2) is 93.1 Å². The molecule has 8 aromatic rings. The van der Waals surface area contributed by atoms with Crippen molar-refractivity contribution >= 4 is 104 Å². The fraction of sp³-hybridized carbons (Fsp3) is 0.330. The number of ether oxygens (including phenoxy) is 9. The molecule has 44 heteroatoms. The Bertz CT molecular complexity index is 5850. The van der Waals surface area contributed by atoms with Crippen LogP contribution in [0.15, 0.2) is 182 Å². The molecule has 4 aliphatic heterocycles. The van der Waals surface area contributed by atoms with Crippen molar-refractivity contribution in [3.63, 3.8) is 0 Å². The summed E-state index contributed by atoms with van der Waals surface area (Å²) in [5, 5.41) is 51.9. The maximum absolute atomic E-state index is 13.8. The minimum Gasteiger partial charge on any atom is -0.508 e. The first-order valence-corrected chi connectivity index (χ1v) is 46.9. The largest absolute Gasteiger partial charge is 0.508 e. The molecule has 1 saturated heterocycles. The van der Waals surface area contributed by atoms with Crippen molar-refractivity contribution in [2.24, 2.45) is 0 Å². The van der Waals surface area contributed by atoms with Crippen molar-refractivity contribution in [1.82, 2.24) is 0 Å². The van der Waals surface area contributed by atoms with Crippen LogP contribution in [0.3, 0.4) is 0 Å². The number of carbonyl (C=O) groups is 5. The van der Waals surface area contributed by atoms with Gasteiger partial charge < -0.3 is 73.3 Å². The Morgan fingerprint density at radius 1 is 0.422 bits per heavy atom. The van der Waals surface area contributed by atoms with E-state index in [9.17, 15) is 94.5 Å². The smallest absolute Gasteiger partial charge is 0.345 e. The molecular formula is C103H115BCl5F16O21S. The lowest BCUT2D eigenvalue weighted by Crippen LogP contribution is -2.25. The van der Waals surface area contributed by atoms with Crippen molar-refractivity contribution in [1.29, 1.82) is 0 Å². The monoisotopic (exact) mass is 2210 g/mol. The molecule has 6 N–H and O–H groups in total. The average Bonchev–Trinajstić information content (AvgIpc) is 1.59. The molecule has 1 fully saturated rings. The van der Waals surface area contributed by atoms with E-state index >= 15 is 0 Å². The van der Waals surface area contributed by atoms with Crippen molar-refractivity contribution in [3.05, 3.63) is 331 Å². The molecule has 8 aromatic carbocycles. The quantitative estimate of drug-likeness (QED) is 0.00659. The molecule has 4 heterocycles. The van der Waals surface area contributed by atoms with Crippen LogP contribution < -0.4 is 28.4 Å². The van der Waals surface area contributed by atoms with Gasteiger partial charge in [-0.3, -0.25) is 4.79 Å². The van der Waals surface area contributed by atoms with Gasteiger partial charge in [0, 0.05) is 115 Å². The van der Waals surface area contributed by atoms with E-state index in [1.807, 2.05) is 41.5 Å². The molecule has 12 rings (SSSR count). The number of carboxylic acids is 2. The molecule has 21 nitrogen and oxygen atoms in total. The summed E-state index contributed by atoms with van der Waals surface area (Å²) in [6.07, 6.45) is 4.14. The van der Waals surface area contributed by atoms with E-state index in [0.717, 1.165) is 96.7 Å². The molecule has 0 atom stereocenters. The zero-order valence-electron chi connectivity index (χ0n) is 82.6. The summed E-state index contributed by atoms with van der Waals surface area (Å²) in [7, 11) is 7.36. The highest BCUT2D eigenvalue weighted by Crippen LogP contribution is 2.44. The number of carbonyl (C=O) groups excluding carboxylic acids is 2. The number of halogens is 21. The molecule has 0 unspecified atom stereocenters. The summed E-state index contributed by atoms with van der Waals surface area (Å²) in [5.74, 6) is -22.1. The van der Waals surface area contributed by atoms with Crippen molar-refractivity contribution in [3.8, 4) is 46.0 Å². The van der Waals surface area contributed by atoms with Crippen LogP contribution >= 0.6 is 56.2 Å². The number of aromatic hydroxyl groups is 2. The van der Waals surface area contributed by atoms with E-state index in [0.29, 0.717) is 99.4 Å². The maximum Gasteiger partial charge on any atom is 0.345 e. The molecule has 0 aromatic heterocycles. The highest BCUT2D eigenvalue weighted by atomic mass is 36.0. The van der Waals surface area contributed by atoms with Gasteiger partial charge >= 0.3 is 23.9 Å². The molecule has 0 aliphatic carbocycles. The lowest BCUT2D eigenvalue weighted by molar-refractivity contribution is -0.122. The number of phenols is 2. The van der Waals surface area contributed by atoms with E-state index in [4.69, 9.17) is 112 Å². The van der Waals surface area contributed by atoms with Crippen LogP contribution in [0.25, 0.3) is 0 Å². The van der Waals surface area contributed by atoms with Crippen LogP contribution in [0.5, 0.6) is 46.0 Å². The van der Waals surface area contributed by atoms with Gasteiger partial charge in [-0.15, -0.1) is 34.8 Å². The Balaban J connectivity index is -0.00000158. The van der Waals surface area contributed by atoms with Crippen LogP contribution in [0, 0.1) is 93.1 Å². The number of aromatic carboxylic acids is 2. The predicted octanol–water partition coefficient (Wildman–Crippen LogP) is 27.4. The van der Waals surface area contributed by atoms with Crippen LogP contribution in [0.1, 0.15) is 186 Å². The number of fused-ring (bicyclic) bond motifs is 3. The molecule has 0 spiro atoms. The van der Waals surface area contributed by atoms with Crippen molar-refractivity contribution in [2.45, 2.75) is 165 Å². The van der Waals surface area contributed by atoms with Crippen LogP contribution in [0.2, 0.25) is 0 Å². The molecule has 0 bridgehead atoms. The molecule has 0 saturated carbocycles. The Morgan fingerprint density at radius 3 is 1.09 bits per heavy atom. The number of aliphatic hydroxyl groups is 1. The number of hydrogen-bond donors (Lipinski definition) is 6. The Morgan fingerprint density at radius 2 is 0.741 bits per heavy atom. The molecule has 4 aliphatic rings. The van der Waals surface area contributed by atoms with Crippen LogP contribution in [-0.4, -0.2) is 148 Å². The van der Waals surface area contributed by atoms with Crippen LogP contribution in [0.4, 0.5) is 70.2 Å². The summed E-state index contributed by atoms with van der Waals surface area (Å²) >= 11 is 16.1. The first-order valence-electron chi connectivity index (χ1n) is 42.5. The predicted molar refractivity (Wildman–Crippen MR) is 536 cm³/mol. The first-order chi connectivity index (χ1) is 67.7. The Kier molecular flexibility index (Phi) is 62.4. The van der Waals surface area contributed by atoms with Gasteiger partial charge in [0.1, 0.15) is 118 Å². The summed E-state index contributed by atoms with van der Waals surface area (Å²) < 4.78 is 264. The molecular weight excluding hydrogens is 2100 g/mol. The lowest BCUT2D eigenvalue weighted by atomic mass is 10.00. The summed E-state index contributed by atoms with van der Waals surface area (Å²) in [4.78, 5) is 53.5. The number of alkyl halides is 3. The Labute approximate surface area is 871 Å². The van der Waals surface area contributed by atoms with Crippen molar-refractivity contribution < 1.29 is 173 Å². The Hall–Kier alpha value is -12.1. The molecule has 3 radical (unpaired) electrons. The third kappa shape index (κ3) is 50.0. The molecule has 147 heavy (non-hydrogen) atoms. The highest BCUT2D eigenvalue weighted by Gasteiger charge is 2.39. The standard InChI is InChI=1S/2C15H16F2O3.C11H11ClF2O.2C11H10F2O3.C11H12F2O2.C10H10F2O.C6H4F2O.2C4H7Cl.C4H8O.CH2O2.B.Cl2OS.H2/c1-8(2)5-10-6-11(16)13(17)12(14(10)18)15(19)20-7-9(3)4;1-9(2)7-19-12-6-5-11(16)14(17)13(12)15(18)20-8-10(3)4;1-11(2)4-6-3-8(13)9(14)7(5-12)10(6)15-11;1-11(2)4-5-3-6(12)8(13)7(10(14)15)9(5)16-11;1-6(2)5-16-8-4-3-7(12)10(13)9(8)11(14)15;1-11(2)4-6-3-8(12)9(13)7(5-14)10(6)15-11;1-7(2)6-13-8-3-4-9(11)10(12)5-8;7-5-2-1-4(9)3-6(5)8;2*1-4(2)3-5;1-2-4-5-3-1;2-1-3;;1-4(2)3;/h6,18H,1,3,5,7H2,2,4H3;5-6H,1,3,7-8H2,2,4H3;3H,4-5H2,1-2H3;3H,4H2,1-2H3,(H,14,15);3-4H,1,5H2,2H3,(H,14,15);3,14H,4-5H2,1-2H3;3-5H,1,6H2,2H3;1-3,9H;2*1,3H2,2H3;1-4H2;1H,(H,2,3);;;1H/i;;;;;;;;;;;;;;1+1. The number of carboxylic acid groups (broad SMARTS) is 3. The molecule has 809 valence electrons. The molecule has 0 amide bonds. The van der Waals surface area contributed by atoms with E-state index in [1.165, 1.54) is 31.0 Å². The summed E-state index contributed by atoms with van der Waals surface area (Å²) in [6.45, 7) is 54.8. The second-order valence-electron chi connectivity index (χ2n) is 33.8. The summed E-state index contributed by atoms with van der Waals surface area (Å²) in [5.41, 5.74) is 3.34. The third-order valence-electron chi connectivity index (χ3n) is 17.3. The van der Waals surface area contributed by atoms with Gasteiger partial charge in [0.25, 0.3) is 6.47 Å². The minimum atomic E-state index is -1.67. The lowest BCUT2D eigenvalue weighted by Gasteiger charge is -2.18. The van der Waals surface area contributed by atoms with E-state index in [-0.39, 0.29) is 94.7 Å². The number of benzene rings is 8. The highest BCUT2D eigenvalue weighted by molar-refractivity contribution is 8.26. The van der Waals surface area contributed by atoms with Gasteiger partial charge in [-0.2, -0.15) is 0 Å². The second kappa shape index (κ2) is 67.0. The number of rotatable bonds is 23. The number of hydrogen-bond acceptors (Lipinski definition) is 18. The summed E-state index contributed by atoms with van der Waals surface area (Å²) in [6, 6.07) is 14.2. The fourth-order valence-corrected chi connectivity index (χ4v) is 11.6. The van der Waals surface area contributed by atoms with E-state index in [1.54, 1.807) is 55.4 Å². The average molecular weight is 2210 g/mol. The fourth-order valence-electron chi connectivity index (χ4n) is 11.3. The topological polar surface area (TPSA) is 307 Å². The second-order valence-corrected chi connectivity index (χ2v) is 37.1. The van der Waals surface area contributed by atoms with Gasteiger partial charge in [-0.25, -0.2) is 93.6 Å². The minimum absolute atomic E-state index is 0. The van der Waals surface area contributed by atoms with Crippen LogP contribution in [-0.2, 0) is 66.4 Å². The third-order valence-corrected chi connectivity index (χ3v) is 18.5. The SMILES string of the molecule is C1CCOC1.C=C(C)CCl.C=C(C)CCl.C=C(C)COC(=O)c1c(O)c(CC(=C)C)cc(F)c1F.C=C(C)COC(=O)c1c(OCC(=C)C)ccc(F)c1F.C=C(C)COc1ccc(F)c(F)c1.C=C(C)COc1ccc(F)c(F)c1C(=O)O.CC1(C)Cc2cc(F)c(F)c(C(=O)O)c2O1.CC1(C)Cc2cc(F)c(F)c(CCl)c2O1.CC1(C)Cc2cc(F)c(F)c(CO)c2O1.O=CO.O=S(Cl)Cl.Oc1ccc(F)c(F)c1.[2HH].[B].